The third-order valence-electron chi connectivity index (χ3n) is 4.29. The molecule has 1 amide bonds. The van der Waals surface area contributed by atoms with Gasteiger partial charge in [-0.2, -0.15) is 0 Å². The van der Waals surface area contributed by atoms with Gasteiger partial charge in [-0.05, 0) is 24.0 Å². The van der Waals surface area contributed by atoms with Crippen LogP contribution in [-0.4, -0.2) is 40.1 Å². The molecule has 22 heavy (non-hydrogen) atoms. The van der Waals surface area contributed by atoms with E-state index in [2.05, 4.69) is 24.0 Å². The molecular weight excluding hydrogens is 280 g/mol. The molecule has 0 radical (unpaired) electrons. The monoisotopic (exact) mass is 300 g/mol. The summed E-state index contributed by atoms with van der Waals surface area (Å²) in [6.07, 6.45) is 4.15. The first-order valence-corrected chi connectivity index (χ1v) is 7.39. The molecule has 0 aromatic carbocycles. The number of hydrogen-bond donors (Lipinski definition) is 1. The Morgan fingerprint density at radius 1 is 1.41 bits per heavy atom. The van der Waals surface area contributed by atoms with Crippen molar-refractivity contribution in [2.24, 2.45) is 11.1 Å². The fraction of sp³-hybridized carbons (Fsp3) is 0.438. The largest absolute Gasteiger partial charge is 0.355 e. The summed E-state index contributed by atoms with van der Waals surface area (Å²) < 4.78 is 5.29. The number of hydrogen-bond acceptors (Lipinski definition) is 5. The topological polar surface area (TPSA) is 85.2 Å². The Morgan fingerprint density at radius 3 is 2.82 bits per heavy atom. The molecule has 1 atom stereocenters. The smallest absolute Gasteiger partial charge is 0.276 e. The molecule has 116 valence electrons. The van der Waals surface area contributed by atoms with Gasteiger partial charge in [-0.15, -0.1) is 0 Å². The molecule has 6 heteroatoms. The first-order chi connectivity index (χ1) is 10.5. The van der Waals surface area contributed by atoms with Gasteiger partial charge in [0.25, 0.3) is 5.91 Å². The predicted octanol–water partition coefficient (Wildman–Crippen LogP) is 1.94. The normalized spacial score (nSPS) is 20.9. The van der Waals surface area contributed by atoms with Crippen molar-refractivity contribution in [2.45, 2.75) is 26.3 Å². The summed E-state index contributed by atoms with van der Waals surface area (Å²) in [6, 6.07) is 5.43. The third kappa shape index (κ3) is 2.74. The highest BCUT2D eigenvalue weighted by molar-refractivity contribution is 5.93. The van der Waals surface area contributed by atoms with Crippen molar-refractivity contribution < 1.29 is 9.32 Å². The minimum atomic E-state index is -0.107. The van der Waals surface area contributed by atoms with Crippen LogP contribution in [-0.2, 0) is 0 Å². The molecule has 1 aliphatic rings. The number of piperidine rings is 1. The number of nitrogens with two attached hydrogens (primary N) is 1. The Labute approximate surface area is 129 Å². The molecule has 3 heterocycles. The first kappa shape index (κ1) is 14.7. The van der Waals surface area contributed by atoms with E-state index < -0.39 is 0 Å². The van der Waals surface area contributed by atoms with Crippen LogP contribution < -0.4 is 5.73 Å². The Balaban J connectivity index is 1.78. The highest BCUT2D eigenvalue weighted by Gasteiger charge is 2.36. The lowest BCUT2D eigenvalue weighted by atomic mass is 9.79. The molecule has 2 aromatic heterocycles. The molecule has 1 fully saturated rings. The van der Waals surface area contributed by atoms with Crippen LogP contribution in [0.2, 0.25) is 0 Å². The number of carbonyl (C=O) groups excluding carboxylic acids is 1. The van der Waals surface area contributed by atoms with Crippen molar-refractivity contribution in [1.82, 2.24) is 15.0 Å². The second-order valence-electron chi connectivity index (χ2n) is 6.42. The molecule has 1 saturated heterocycles. The van der Waals surface area contributed by atoms with Crippen LogP contribution >= 0.6 is 0 Å². The lowest BCUT2D eigenvalue weighted by Gasteiger charge is -2.42. The van der Waals surface area contributed by atoms with Gasteiger partial charge in [0, 0.05) is 43.2 Å². The van der Waals surface area contributed by atoms with Crippen molar-refractivity contribution in [1.29, 1.82) is 0 Å². The predicted molar refractivity (Wildman–Crippen MR) is 82.0 cm³/mol. The van der Waals surface area contributed by atoms with Crippen LogP contribution in [0.3, 0.4) is 0 Å². The molecule has 2 aromatic rings. The van der Waals surface area contributed by atoms with Crippen molar-refractivity contribution >= 4 is 5.91 Å². The van der Waals surface area contributed by atoms with E-state index in [0.717, 1.165) is 12.0 Å². The Hall–Kier alpha value is -2.21. The van der Waals surface area contributed by atoms with Crippen molar-refractivity contribution in [3.63, 3.8) is 0 Å². The van der Waals surface area contributed by atoms with E-state index in [-0.39, 0.29) is 17.4 Å². The van der Waals surface area contributed by atoms with Crippen molar-refractivity contribution in [3.8, 4) is 11.3 Å². The number of aromatic nitrogens is 2. The molecule has 2 N–H and O–H groups in total. The zero-order valence-electron chi connectivity index (χ0n) is 12.8. The van der Waals surface area contributed by atoms with Crippen molar-refractivity contribution in [3.05, 3.63) is 36.3 Å². The summed E-state index contributed by atoms with van der Waals surface area (Å²) in [5.74, 6) is 0.461. The molecule has 0 spiro atoms. The summed E-state index contributed by atoms with van der Waals surface area (Å²) >= 11 is 0. The quantitative estimate of drug-likeness (QED) is 0.916. The fourth-order valence-electron chi connectivity index (χ4n) is 2.74. The molecule has 1 aliphatic heterocycles. The summed E-state index contributed by atoms with van der Waals surface area (Å²) in [4.78, 5) is 18.4. The number of nitrogens with zero attached hydrogens (tertiary/aromatic N) is 3. The molecule has 0 bridgehead atoms. The average molecular weight is 300 g/mol. The minimum absolute atomic E-state index is 0.0917. The third-order valence-corrected chi connectivity index (χ3v) is 4.29. The number of carbonyl (C=O) groups is 1. The lowest BCUT2D eigenvalue weighted by Crippen LogP contribution is -2.54. The molecule has 0 saturated carbocycles. The van der Waals surface area contributed by atoms with E-state index in [1.807, 2.05) is 12.1 Å². The van der Waals surface area contributed by atoms with Gasteiger partial charge in [0.2, 0.25) is 0 Å². The van der Waals surface area contributed by atoms with Gasteiger partial charge in [-0.25, -0.2) is 0 Å². The van der Waals surface area contributed by atoms with Crippen LogP contribution in [0, 0.1) is 5.41 Å². The van der Waals surface area contributed by atoms with E-state index in [1.165, 1.54) is 0 Å². The van der Waals surface area contributed by atoms with Crippen LogP contribution in [0.1, 0.15) is 30.8 Å². The number of rotatable bonds is 2. The summed E-state index contributed by atoms with van der Waals surface area (Å²) in [7, 11) is 0. The van der Waals surface area contributed by atoms with E-state index in [0.29, 0.717) is 24.5 Å². The van der Waals surface area contributed by atoms with Gasteiger partial charge in [0.05, 0.1) is 0 Å². The highest BCUT2D eigenvalue weighted by Crippen LogP contribution is 2.29. The number of amides is 1. The van der Waals surface area contributed by atoms with Crippen LogP contribution in [0.5, 0.6) is 0 Å². The first-order valence-electron chi connectivity index (χ1n) is 7.39. The van der Waals surface area contributed by atoms with Crippen molar-refractivity contribution in [2.75, 3.05) is 13.1 Å². The lowest BCUT2D eigenvalue weighted by molar-refractivity contribution is 0.0523. The highest BCUT2D eigenvalue weighted by atomic mass is 16.5. The molecule has 0 aliphatic carbocycles. The minimum Gasteiger partial charge on any atom is -0.355 e. The van der Waals surface area contributed by atoms with Crippen LogP contribution in [0.4, 0.5) is 0 Å². The Bertz CT molecular complexity index is 666. The van der Waals surface area contributed by atoms with Crippen LogP contribution in [0.25, 0.3) is 11.3 Å². The van der Waals surface area contributed by atoms with E-state index in [1.54, 1.807) is 23.4 Å². The number of likely N-dealkylation sites (tertiary alicyclic amines) is 1. The van der Waals surface area contributed by atoms with Gasteiger partial charge in [0.1, 0.15) is 0 Å². The standard InChI is InChI=1S/C16H20N4O2/c1-16(2)10-20(8-5-14(16)17)15(21)12-9-13(22-19-12)11-3-6-18-7-4-11/h3-4,6-7,9,14H,5,8,10,17H2,1-2H3. The van der Waals surface area contributed by atoms with E-state index in [9.17, 15) is 4.79 Å². The number of pyridine rings is 1. The second kappa shape index (κ2) is 5.53. The summed E-state index contributed by atoms with van der Waals surface area (Å²) in [5, 5.41) is 3.92. The molecule has 6 nitrogen and oxygen atoms in total. The van der Waals surface area contributed by atoms with Gasteiger partial charge >= 0.3 is 0 Å². The summed E-state index contributed by atoms with van der Waals surface area (Å²) in [6.45, 7) is 5.45. The molecule has 1 unspecified atom stereocenters. The van der Waals surface area contributed by atoms with Crippen LogP contribution in [0.15, 0.2) is 35.1 Å². The van der Waals surface area contributed by atoms with Gasteiger partial charge in [0.15, 0.2) is 11.5 Å². The second-order valence-corrected chi connectivity index (χ2v) is 6.42. The van der Waals surface area contributed by atoms with E-state index in [4.69, 9.17) is 10.3 Å². The summed E-state index contributed by atoms with van der Waals surface area (Å²) in [5.41, 5.74) is 7.21. The maximum atomic E-state index is 12.6. The SMILES string of the molecule is CC1(C)CN(C(=O)c2cc(-c3ccncc3)on2)CCC1N. The Kier molecular flexibility index (Phi) is 3.70. The maximum Gasteiger partial charge on any atom is 0.276 e. The van der Waals surface area contributed by atoms with Gasteiger partial charge in [-0.3, -0.25) is 9.78 Å². The van der Waals surface area contributed by atoms with E-state index >= 15 is 0 Å². The molecule has 3 rings (SSSR count). The molecular formula is C16H20N4O2. The maximum absolute atomic E-state index is 12.6. The zero-order valence-corrected chi connectivity index (χ0v) is 12.8. The average Bonchev–Trinajstić information content (AvgIpc) is 3.00. The van der Waals surface area contributed by atoms with Gasteiger partial charge < -0.3 is 15.2 Å². The Morgan fingerprint density at radius 2 is 2.14 bits per heavy atom. The zero-order chi connectivity index (χ0) is 15.7. The fourth-order valence-corrected chi connectivity index (χ4v) is 2.74. The van der Waals surface area contributed by atoms with Gasteiger partial charge in [-0.1, -0.05) is 19.0 Å².